The summed E-state index contributed by atoms with van der Waals surface area (Å²) in [6.45, 7) is 1.07. The van der Waals surface area contributed by atoms with Gasteiger partial charge in [-0.05, 0) is 48.0 Å². The van der Waals surface area contributed by atoms with Crippen molar-refractivity contribution in [3.8, 4) is 17.4 Å². The van der Waals surface area contributed by atoms with Gasteiger partial charge in [-0.15, -0.1) is 9.78 Å². The second-order valence-corrected chi connectivity index (χ2v) is 7.85. The predicted octanol–water partition coefficient (Wildman–Crippen LogP) is 1.31. The summed E-state index contributed by atoms with van der Waals surface area (Å²) in [5.74, 6) is 0.482. The number of hydrogen-bond acceptors (Lipinski definition) is 10. The Balaban J connectivity index is 0.000000983. The van der Waals surface area contributed by atoms with Crippen molar-refractivity contribution < 1.29 is 24.5 Å². The Bertz CT molecular complexity index is 1450. The number of anilines is 1. The number of nitrogens with one attached hydrogen (secondary N) is 3. The molecule has 0 saturated heterocycles. The number of nitrogen functional groups attached to an aromatic ring is 1. The molecule has 14 heteroatoms. The Hall–Kier alpha value is -5.24. The molecule has 2 aromatic carbocycles. The number of amidine groups is 1. The minimum Gasteiger partial charge on any atom is -0.493 e. The SMILES string of the molecule is CC(=O)O.COc1cc(C(Nc2ccc(C(=N)N)cc2)c2nn(-c3ncccn3)c(=O)[nH]2)ccc1OCCO. The van der Waals surface area contributed by atoms with Gasteiger partial charge in [0.05, 0.1) is 13.7 Å². The lowest BCUT2D eigenvalue weighted by Gasteiger charge is -2.20. The van der Waals surface area contributed by atoms with Crippen molar-refractivity contribution in [1.29, 1.82) is 5.41 Å². The monoisotopic (exact) mass is 536 g/mol. The Morgan fingerprint density at radius 2 is 1.85 bits per heavy atom. The zero-order valence-corrected chi connectivity index (χ0v) is 21.2. The summed E-state index contributed by atoms with van der Waals surface area (Å²) in [6.07, 6.45) is 3.04. The van der Waals surface area contributed by atoms with E-state index in [0.29, 0.717) is 34.1 Å². The van der Waals surface area contributed by atoms with Crippen LogP contribution >= 0.6 is 0 Å². The molecule has 0 saturated carbocycles. The molecule has 2 aromatic heterocycles. The molecular weight excluding hydrogens is 508 g/mol. The molecule has 0 aliphatic heterocycles. The van der Waals surface area contributed by atoms with Crippen molar-refractivity contribution in [1.82, 2.24) is 24.7 Å². The quantitative estimate of drug-likeness (QED) is 0.125. The van der Waals surface area contributed by atoms with Gasteiger partial charge in [0.1, 0.15) is 18.5 Å². The van der Waals surface area contributed by atoms with Gasteiger partial charge in [0.15, 0.2) is 17.3 Å². The number of aromatic amines is 1. The minimum absolute atomic E-state index is 0.0396. The fraction of sp³-hybridized carbons (Fsp3) is 0.200. The van der Waals surface area contributed by atoms with Crippen molar-refractivity contribution in [3.63, 3.8) is 0 Å². The van der Waals surface area contributed by atoms with E-state index in [2.05, 4.69) is 25.4 Å². The molecule has 1 atom stereocenters. The van der Waals surface area contributed by atoms with Crippen LogP contribution in [0.2, 0.25) is 0 Å². The number of carboxylic acid groups (broad SMARTS) is 1. The number of nitrogens with two attached hydrogens (primary N) is 1. The standard InChI is InChI=1S/C23H24N8O4.C2H4O2/c1-34-18-13-15(5-8-17(18)35-12-11-32)19(28-16-6-3-14(4-7-16)20(24)25)21-29-23(33)31(30-21)22-26-9-2-10-27-22;1-2(3)4/h2-10,13,19,28,32H,11-12H2,1H3,(H3,24,25)(H,29,30,33);1H3,(H,3,4). The summed E-state index contributed by atoms with van der Waals surface area (Å²) in [4.78, 5) is 32.6. The van der Waals surface area contributed by atoms with E-state index < -0.39 is 17.7 Å². The zero-order chi connectivity index (χ0) is 28.4. The van der Waals surface area contributed by atoms with Crippen LogP contribution in [0, 0.1) is 5.41 Å². The predicted molar refractivity (Wildman–Crippen MR) is 142 cm³/mol. The number of aliphatic hydroxyl groups excluding tert-OH is 1. The Morgan fingerprint density at radius 1 is 1.18 bits per heavy atom. The van der Waals surface area contributed by atoms with E-state index in [-0.39, 0.29) is 25.0 Å². The van der Waals surface area contributed by atoms with E-state index in [1.807, 2.05) is 0 Å². The fourth-order valence-corrected chi connectivity index (χ4v) is 3.37. The van der Waals surface area contributed by atoms with Crippen molar-refractivity contribution in [2.75, 3.05) is 25.6 Å². The minimum atomic E-state index is -0.833. The molecule has 2 heterocycles. The summed E-state index contributed by atoms with van der Waals surface area (Å²) >= 11 is 0. The van der Waals surface area contributed by atoms with Crippen LogP contribution in [0.4, 0.5) is 5.69 Å². The molecule has 39 heavy (non-hydrogen) atoms. The maximum absolute atomic E-state index is 12.7. The van der Waals surface area contributed by atoms with Gasteiger partial charge >= 0.3 is 5.69 Å². The lowest BCUT2D eigenvalue weighted by atomic mass is 10.0. The van der Waals surface area contributed by atoms with Gasteiger partial charge in [0.2, 0.25) is 0 Å². The molecule has 0 radical (unpaired) electrons. The first-order chi connectivity index (χ1) is 18.7. The Kier molecular flexibility index (Phi) is 9.70. The van der Waals surface area contributed by atoms with Gasteiger partial charge in [0.25, 0.3) is 11.9 Å². The van der Waals surface area contributed by atoms with Crippen LogP contribution in [0.15, 0.2) is 65.7 Å². The third-order valence-electron chi connectivity index (χ3n) is 5.03. The highest BCUT2D eigenvalue weighted by atomic mass is 16.5. The summed E-state index contributed by atoms with van der Waals surface area (Å²) in [5.41, 5.74) is 7.05. The third-order valence-corrected chi connectivity index (χ3v) is 5.03. The first-order valence-electron chi connectivity index (χ1n) is 11.5. The van der Waals surface area contributed by atoms with Crippen LogP contribution in [-0.4, -0.2) is 67.1 Å². The van der Waals surface area contributed by atoms with Gasteiger partial charge in [-0.1, -0.05) is 6.07 Å². The van der Waals surface area contributed by atoms with E-state index in [4.69, 9.17) is 35.6 Å². The first kappa shape index (κ1) is 28.3. The molecule has 0 fully saturated rings. The number of ether oxygens (including phenoxy) is 2. The molecule has 4 aromatic rings. The number of aromatic nitrogens is 5. The van der Waals surface area contributed by atoms with Crippen molar-refractivity contribution in [2.24, 2.45) is 5.73 Å². The van der Waals surface area contributed by atoms with E-state index in [1.54, 1.807) is 48.5 Å². The van der Waals surface area contributed by atoms with Crippen LogP contribution < -0.4 is 26.2 Å². The second kappa shape index (κ2) is 13.3. The maximum Gasteiger partial charge on any atom is 0.350 e. The average molecular weight is 537 g/mol. The summed E-state index contributed by atoms with van der Waals surface area (Å²) < 4.78 is 12.1. The van der Waals surface area contributed by atoms with Crippen molar-refractivity contribution in [2.45, 2.75) is 13.0 Å². The van der Waals surface area contributed by atoms with Gasteiger partial charge in [-0.3, -0.25) is 15.2 Å². The van der Waals surface area contributed by atoms with Gasteiger partial charge in [0, 0.05) is 30.6 Å². The molecule has 0 aliphatic rings. The van der Waals surface area contributed by atoms with E-state index in [1.165, 1.54) is 19.5 Å². The van der Waals surface area contributed by atoms with E-state index in [0.717, 1.165) is 11.6 Å². The number of nitrogens with zero attached hydrogens (tertiary/aromatic N) is 4. The molecule has 1 unspecified atom stereocenters. The number of hydrogen-bond donors (Lipinski definition) is 6. The Morgan fingerprint density at radius 3 is 2.44 bits per heavy atom. The molecule has 0 amide bonds. The van der Waals surface area contributed by atoms with Crippen LogP contribution in [-0.2, 0) is 4.79 Å². The molecule has 0 aliphatic carbocycles. The van der Waals surface area contributed by atoms with Crippen LogP contribution in [0.25, 0.3) is 5.95 Å². The molecule has 0 spiro atoms. The van der Waals surface area contributed by atoms with Gasteiger partial charge in [-0.25, -0.2) is 14.8 Å². The number of benzene rings is 2. The number of methoxy groups -OCH3 is 1. The summed E-state index contributed by atoms with van der Waals surface area (Å²) in [7, 11) is 1.51. The largest absolute Gasteiger partial charge is 0.493 e. The van der Waals surface area contributed by atoms with E-state index in [9.17, 15) is 4.79 Å². The fourth-order valence-electron chi connectivity index (χ4n) is 3.37. The number of H-pyrrole nitrogens is 1. The summed E-state index contributed by atoms with van der Waals surface area (Å²) in [6, 6.07) is 13.3. The van der Waals surface area contributed by atoms with Crippen LogP contribution in [0.5, 0.6) is 11.5 Å². The van der Waals surface area contributed by atoms with Crippen molar-refractivity contribution in [3.05, 3.63) is 88.4 Å². The summed E-state index contributed by atoms with van der Waals surface area (Å²) in [5, 5.41) is 31.9. The average Bonchev–Trinajstić information content (AvgIpc) is 3.32. The Labute approximate surface area is 222 Å². The highest BCUT2D eigenvalue weighted by Gasteiger charge is 2.22. The highest BCUT2D eigenvalue weighted by Crippen LogP contribution is 2.33. The van der Waals surface area contributed by atoms with E-state index >= 15 is 0 Å². The number of carbonyl (C=O) groups is 1. The second-order valence-electron chi connectivity index (χ2n) is 7.85. The zero-order valence-electron chi connectivity index (χ0n) is 21.2. The number of aliphatic hydroxyl groups is 1. The molecule has 4 rings (SSSR count). The van der Waals surface area contributed by atoms with Gasteiger partial charge < -0.3 is 30.7 Å². The number of aliphatic carboxylic acids is 1. The van der Waals surface area contributed by atoms with Crippen LogP contribution in [0.1, 0.15) is 29.9 Å². The number of carboxylic acids is 1. The lowest BCUT2D eigenvalue weighted by Crippen LogP contribution is -2.18. The van der Waals surface area contributed by atoms with Crippen LogP contribution in [0.3, 0.4) is 0 Å². The first-order valence-corrected chi connectivity index (χ1v) is 11.5. The normalized spacial score (nSPS) is 11.1. The smallest absolute Gasteiger partial charge is 0.350 e. The highest BCUT2D eigenvalue weighted by molar-refractivity contribution is 5.95. The topological polar surface area (TPSA) is 214 Å². The number of rotatable bonds is 10. The molecule has 0 bridgehead atoms. The van der Waals surface area contributed by atoms with Gasteiger partial charge in [-0.2, -0.15) is 0 Å². The molecule has 14 nitrogen and oxygen atoms in total. The molecule has 204 valence electrons. The molecule has 7 N–H and O–H groups in total. The third kappa shape index (κ3) is 7.62. The van der Waals surface area contributed by atoms with Crippen molar-refractivity contribution >= 4 is 17.5 Å². The lowest BCUT2D eigenvalue weighted by molar-refractivity contribution is -0.134. The molecular formula is C25H28N8O6. The maximum atomic E-state index is 12.7.